The molecule has 0 bridgehead atoms. The van der Waals surface area contributed by atoms with Crippen LogP contribution in [0.4, 0.5) is 0 Å². The molecule has 0 spiro atoms. The smallest absolute Gasteiger partial charge is 0.193 e. The Morgan fingerprint density at radius 2 is 1.60 bits per heavy atom. The molecule has 2 rings (SSSR count). The third-order valence-electron chi connectivity index (χ3n) is 3.08. The van der Waals surface area contributed by atoms with E-state index in [0.29, 0.717) is 16.7 Å². The maximum atomic E-state index is 12.5. The van der Waals surface area contributed by atoms with Gasteiger partial charge < -0.3 is 10.2 Å². The third-order valence-corrected chi connectivity index (χ3v) is 3.75. The van der Waals surface area contributed by atoms with Gasteiger partial charge in [-0.25, -0.2) is 0 Å². The molecule has 2 atom stereocenters. The summed E-state index contributed by atoms with van der Waals surface area (Å²) >= 11 is 3.12. The first kappa shape index (κ1) is 14.9. The summed E-state index contributed by atoms with van der Waals surface area (Å²) in [5, 5.41) is 20.1. The van der Waals surface area contributed by atoms with E-state index in [9.17, 15) is 15.0 Å². The average Bonchev–Trinajstić information content (AvgIpc) is 2.53. The summed E-state index contributed by atoms with van der Waals surface area (Å²) in [5.74, 6) is -0.165. The molecule has 0 saturated carbocycles. The molecule has 0 amide bonds. The molecule has 104 valence electrons. The largest absolute Gasteiger partial charge is 0.389 e. The van der Waals surface area contributed by atoms with E-state index < -0.39 is 12.2 Å². The second-order valence-corrected chi connectivity index (χ2v) is 5.10. The molecule has 2 unspecified atom stereocenters. The van der Waals surface area contributed by atoms with Gasteiger partial charge in [-0.05, 0) is 5.56 Å². The normalized spacial score (nSPS) is 13.8. The summed E-state index contributed by atoms with van der Waals surface area (Å²) < 4.78 is 0. The van der Waals surface area contributed by atoms with Gasteiger partial charge in [0, 0.05) is 16.5 Å². The fraction of sp³-hybridized carbons (Fsp3) is 0.188. The molecule has 2 aromatic carbocycles. The lowest BCUT2D eigenvalue weighted by atomic mass is 9.93. The number of aliphatic hydroxyl groups excluding tert-OH is 2. The number of benzene rings is 2. The summed E-state index contributed by atoms with van der Waals surface area (Å²) in [6.45, 7) is 0. The zero-order valence-electron chi connectivity index (χ0n) is 10.7. The Morgan fingerprint density at radius 3 is 2.25 bits per heavy atom. The summed E-state index contributed by atoms with van der Waals surface area (Å²) in [4.78, 5) is 12.5. The molecule has 2 N–H and O–H groups in total. The first-order valence-electron chi connectivity index (χ1n) is 6.26. The highest BCUT2D eigenvalue weighted by atomic mass is 79.9. The zero-order valence-corrected chi connectivity index (χ0v) is 12.3. The number of ketones is 1. The van der Waals surface area contributed by atoms with Gasteiger partial charge in [-0.2, -0.15) is 0 Å². The number of carbonyl (C=O) groups is 1. The van der Waals surface area contributed by atoms with Crippen LogP contribution in [0.2, 0.25) is 0 Å². The van der Waals surface area contributed by atoms with Crippen LogP contribution in [0.5, 0.6) is 0 Å². The van der Waals surface area contributed by atoms with E-state index in [2.05, 4.69) is 15.9 Å². The highest BCUT2D eigenvalue weighted by Gasteiger charge is 2.23. The zero-order chi connectivity index (χ0) is 14.5. The van der Waals surface area contributed by atoms with Gasteiger partial charge in [0.1, 0.15) is 6.10 Å². The number of hydrogen-bond donors (Lipinski definition) is 2. The fourth-order valence-electron chi connectivity index (χ4n) is 2.00. The standard InChI is InChI=1S/C16H15BrO3/c17-10-14(18)16(20)13-9-5-4-8-12(13)15(19)11-6-2-1-3-7-11/h1-9,14,16,18,20H,10H2. The molecule has 0 aliphatic heterocycles. The van der Waals surface area contributed by atoms with Crippen molar-refractivity contribution in [3.8, 4) is 0 Å². The quantitative estimate of drug-likeness (QED) is 0.653. The number of carbonyl (C=O) groups excluding carboxylic acids is 1. The van der Waals surface area contributed by atoms with Gasteiger partial charge in [-0.3, -0.25) is 4.79 Å². The Hall–Kier alpha value is -1.49. The van der Waals surface area contributed by atoms with Crippen LogP contribution < -0.4 is 0 Å². The van der Waals surface area contributed by atoms with Crippen molar-refractivity contribution in [2.24, 2.45) is 0 Å². The van der Waals surface area contributed by atoms with Gasteiger partial charge in [0.25, 0.3) is 0 Å². The first-order chi connectivity index (χ1) is 9.65. The van der Waals surface area contributed by atoms with Crippen LogP contribution in [0.1, 0.15) is 27.6 Å². The van der Waals surface area contributed by atoms with Crippen molar-refractivity contribution in [1.82, 2.24) is 0 Å². The van der Waals surface area contributed by atoms with E-state index in [1.54, 1.807) is 48.5 Å². The van der Waals surface area contributed by atoms with Crippen LogP contribution >= 0.6 is 15.9 Å². The molecular formula is C16H15BrO3. The monoisotopic (exact) mass is 334 g/mol. The third kappa shape index (κ3) is 3.15. The lowest BCUT2D eigenvalue weighted by Gasteiger charge is -2.18. The van der Waals surface area contributed by atoms with Crippen LogP contribution in [0.25, 0.3) is 0 Å². The van der Waals surface area contributed by atoms with Crippen molar-refractivity contribution in [1.29, 1.82) is 0 Å². The van der Waals surface area contributed by atoms with Gasteiger partial charge in [0.05, 0.1) is 6.10 Å². The Kier molecular flexibility index (Phi) is 5.06. The van der Waals surface area contributed by atoms with Gasteiger partial charge in [0.2, 0.25) is 0 Å². The summed E-state index contributed by atoms with van der Waals surface area (Å²) in [6, 6.07) is 15.7. The number of hydrogen-bond acceptors (Lipinski definition) is 3. The molecule has 2 aromatic rings. The molecular weight excluding hydrogens is 320 g/mol. The molecule has 0 heterocycles. The van der Waals surface area contributed by atoms with E-state index in [0.717, 1.165) is 0 Å². The molecule has 4 heteroatoms. The van der Waals surface area contributed by atoms with E-state index in [1.165, 1.54) is 0 Å². The van der Waals surface area contributed by atoms with Crippen molar-refractivity contribution in [2.75, 3.05) is 5.33 Å². The molecule has 0 aliphatic rings. The minimum Gasteiger partial charge on any atom is -0.389 e. The second-order valence-electron chi connectivity index (χ2n) is 4.45. The molecule has 0 fully saturated rings. The molecule has 0 saturated heterocycles. The van der Waals surface area contributed by atoms with E-state index in [1.807, 2.05) is 6.07 Å². The predicted molar refractivity (Wildman–Crippen MR) is 81.1 cm³/mol. The molecule has 0 radical (unpaired) electrons. The number of rotatable bonds is 5. The lowest BCUT2D eigenvalue weighted by Crippen LogP contribution is -2.22. The van der Waals surface area contributed by atoms with Crippen molar-refractivity contribution in [3.05, 3.63) is 71.3 Å². The summed E-state index contributed by atoms with van der Waals surface area (Å²) in [5.41, 5.74) is 1.40. The van der Waals surface area contributed by atoms with Gasteiger partial charge in [-0.15, -0.1) is 0 Å². The van der Waals surface area contributed by atoms with Gasteiger partial charge in [0.15, 0.2) is 5.78 Å². The Morgan fingerprint density at radius 1 is 1.00 bits per heavy atom. The Balaban J connectivity index is 2.40. The van der Waals surface area contributed by atoms with Crippen molar-refractivity contribution in [3.63, 3.8) is 0 Å². The highest BCUT2D eigenvalue weighted by molar-refractivity contribution is 9.09. The molecule has 20 heavy (non-hydrogen) atoms. The first-order valence-corrected chi connectivity index (χ1v) is 7.38. The van der Waals surface area contributed by atoms with Crippen LogP contribution in [0, 0.1) is 0 Å². The number of alkyl halides is 1. The molecule has 3 nitrogen and oxygen atoms in total. The highest BCUT2D eigenvalue weighted by Crippen LogP contribution is 2.24. The Bertz CT molecular complexity index is 583. The van der Waals surface area contributed by atoms with Crippen LogP contribution in [0.15, 0.2) is 54.6 Å². The summed E-state index contributed by atoms with van der Waals surface area (Å²) in [7, 11) is 0. The van der Waals surface area contributed by atoms with Crippen molar-refractivity contribution < 1.29 is 15.0 Å². The Labute approximate surface area is 126 Å². The average molecular weight is 335 g/mol. The minimum atomic E-state index is -1.10. The SMILES string of the molecule is O=C(c1ccccc1)c1ccccc1C(O)C(O)CBr. The van der Waals surface area contributed by atoms with E-state index in [-0.39, 0.29) is 11.1 Å². The van der Waals surface area contributed by atoms with Gasteiger partial charge in [-0.1, -0.05) is 70.5 Å². The van der Waals surface area contributed by atoms with E-state index >= 15 is 0 Å². The predicted octanol–water partition coefficient (Wildman–Crippen LogP) is 2.71. The lowest BCUT2D eigenvalue weighted by molar-refractivity contribution is 0.0337. The van der Waals surface area contributed by atoms with Crippen LogP contribution in [0.3, 0.4) is 0 Å². The van der Waals surface area contributed by atoms with Crippen LogP contribution in [-0.4, -0.2) is 27.4 Å². The summed E-state index contributed by atoms with van der Waals surface area (Å²) in [6.07, 6.45) is -2.06. The second kappa shape index (κ2) is 6.79. The molecule has 0 aromatic heterocycles. The topological polar surface area (TPSA) is 57.5 Å². The van der Waals surface area contributed by atoms with Crippen molar-refractivity contribution in [2.45, 2.75) is 12.2 Å². The maximum absolute atomic E-state index is 12.5. The van der Waals surface area contributed by atoms with Gasteiger partial charge >= 0.3 is 0 Å². The number of halogens is 1. The van der Waals surface area contributed by atoms with Crippen LogP contribution in [-0.2, 0) is 0 Å². The maximum Gasteiger partial charge on any atom is 0.193 e. The number of aliphatic hydroxyl groups is 2. The fourth-order valence-corrected chi connectivity index (χ4v) is 2.35. The minimum absolute atomic E-state index is 0.165. The van der Waals surface area contributed by atoms with Crippen molar-refractivity contribution >= 4 is 21.7 Å². The molecule has 0 aliphatic carbocycles. The van der Waals surface area contributed by atoms with E-state index in [4.69, 9.17) is 0 Å².